The fraction of sp³-hybridized carbons (Fsp3) is 0.462. The van der Waals surface area contributed by atoms with Gasteiger partial charge in [0.2, 0.25) is 0 Å². The van der Waals surface area contributed by atoms with Crippen molar-refractivity contribution in [2.24, 2.45) is 0 Å². The highest BCUT2D eigenvalue weighted by Gasteiger charge is 2.27. The van der Waals surface area contributed by atoms with Gasteiger partial charge in [0.15, 0.2) is 5.78 Å². The Bertz CT molecular complexity index is 441. The minimum Gasteiger partial charge on any atom is -0.490 e. The van der Waals surface area contributed by atoms with E-state index in [0.717, 1.165) is 5.56 Å². The molecule has 0 aromatic heterocycles. The number of carbonyl (C=O) groups excluding carboxylic acids is 1. The molecule has 1 aromatic rings. The molecule has 0 amide bonds. The minimum atomic E-state index is -4.34. The third-order valence-electron chi connectivity index (χ3n) is 2.27. The monoisotopic (exact) mass is 276 g/mol. The molecule has 1 rings (SSSR count). The van der Waals surface area contributed by atoms with Crippen LogP contribution in [0.4, 0.5) is 13.2 Å². The summed E-state index contributed by atoms with van der Waals surface area (Å²) in [5, 5.41) is 0. The molecule has 19 heavy (non-hydrogen) atoms. The number of halogens is 3. The Hall–Kier alpha value is -1.56. The van der Waals surface area contributed by atoms with Gasteiger partial charge in [0, 0.05) is 0 Å². The standard InChI is InChI=1S/C13H15F3O3/c1-9-3-4-11(10(2)17)12(7-9)19-6-5-18-8-13(14,15)16/h3-4,7H,5-6,8H2,1-2H3. The van der Waals surface area contributed by atoms with Crippen LogP contribution in [0.2, 0.25) is 0 Å². The summed E-state index contributed by atoms with van der Waals surface area (Å²) in [5.41, 5.74) is 1.30. The molecule has 106 valence electrons. The van der Waals surface area contributed by atoms with E-state index in [1.165, 1.54) is 6.92 Å². The van der Waals surface area contributed by atoms with E-state index >= 15 is 0 Å². The van der Waals surface area contributed by atoms with Crippen LogP contribution in [0.1, 0.15) is 22.8 Å². The van der Waals surface area contributed by atoms with Crippen molar-refractivity contribution in [3.63, 3.8) is 0 Å². The molecule has 0 aliphatic heterocycles. The van der Waals surface area contributed by atoms with Crippen LogP contribution in [0.5, 0.6) is 5.75 Å². The molecule has 0 fully saturated rings. The van der Waals surface area contributed by atoms with Crippen LogP contribution >= 0.6 is 0 Å². The molecule has 0 aliphatic carbocycles. The van der Waals surface area contributed by atoms with Crippen LogP contribution in [0.25, 0.3) is 0 Å². The number of ketones is 1. The topological polar surface area (TPSA) is 35.5 Å². The molecule has 1 aromatic carbocycles. The SMILES string of the molecule is CC(=O)c1ccc(C)cc1OCCOCC(F)(F)F. The Morgan fingerprint density at radius 1 is 1.26 bits per heavy atom. The summed E-state index contributed by atoms with van der Waals surface area (Å²) in [5.74, 6) is 0.203. The Kier molecular flexibility index (Phi) is 5.35. The zero-order valence-corrected chi connectivity index (χ0v) is 10.7. The van der Waals surface area contributed by atoms with Crippen molar-refractivity contribution in [2.75, 3.05) is 19.8 Å². The van der Waals surface area contributed by atoms with Gasteiger partial charge in [-0.05, 0) is 31.5 Å². The first-order chi connectivity index (χ1) is 8.79. The molecular weight excluding hydrogens is 261 g/mol. The average Bonchev–Trinajstić information content (AvgIpc) is 2.26. The number of aryl methyl sites for hydroxylation is 1. The molecule has 0 heterocycles. The lowest BCUT2D eigenvalue weighted by Gasteiger charge is -2.11. The molecule has 0 unspecified atom stereocenters. The molecule has 0 saturated heterocycles. The molecule has 0 spiro atoms. The fourth-order valence-corrected chi connectivity index (χ4v) is 1.44. The maximum Gasteiger partial charge on any atom is 0.411 e. The van der Waals surface area contributed by atoms with Crippen LogP contribution in [0, 0.1) is 6.92 Å². The van der Waals surface area contributed by atoms with Gasteiger partial charge in [0.05, 0.1) is 12.2 Å². The average molecular weight is 276 g/mol. The second-order valence-electron chi connectivity index (χ2n) is 4.07. The molecule has 0 bridgehead atoms. The zero-order chi connectivity index (χ0) is 14.5. The number of Topliss-reactive ketones (excluding diaryl/α,β-unsaturated/α-hetero) is 1. The Balaban J connectivity index is 2.49. The summed E-state index contributed by atoms with van der Waals surface area (Å²) < 4.78 is 45.2. The van der Waals surface area contributed by atoms with Crippen LogP contribution in [-0.4, -0.2) is 31.8 Å². The molecular formula is C13H15F3O3. The lowest BCUT2D eigenvalue weighted by molar-refractivity contribution is -0.175. The summed E-state index contributed by atoms with van der Waals surface area (Å²) in [6.07, 6.45) is -4.34. The van der Waals surface area contributed by atoms with Crippen molar-refractivity contribution in [3.05, 3.63) is 29.3 Å². The first-order valence-corrected chi connectivity index (χ1v) is 5.68. The van der Waals surface area contributed by atoms with Gasteiger partial charge in [-0.3, -0.25) is 4.79 Å². The second-order valence-corrected chi connectivity index (χ2v) is 4.07. The highest BCUT2D eigenvalue weighted by molar-refractivity contribution is 5.96. The zero-order valence-electron chi connectivity index (χ0n) is 10.7. The number of benzene rings is 1. The van der Waals surface area contributed by atoms with Crippen LogP contribution in [0.3, 0.4) is 0 Å². The third kappa shape index (κ3) is 5.74. The van der Waals surface area contributed by atoms with Gasteiger partial charge in [0.25, 0.3) is 0 Å². The lowest BCUT2D eigenvalue weighted by Crippen LogP contribution is -2.19. The number of ether oxygens (including phenoxy) is 2. The quantitative estimate of drug-likeness (QED) is 0.591. The first kappa shape index (κ1) is 15.5. The highest BCUT2D eigenvalue weighted by Crippen LogP contribution is 2.21. The highest BCUT2D eigenvalue weighted by atomic mass is 19.4. The fourth-order valence-electron chi connectivity index (χ4n) is 1.44. The van der Waals surface area contributed by atoms with E-state index in [-0.39, 0.29) is 19.0 Å². The van der Waals surface area contributed by atoms with E-state index in [9.17, 15) is 18.0 Å². The van der Waals surface area contributed by atoms with E-state index in [4.69, 9.17) is 4.74 Å². The Morgan fingerprint density at radius 2 is 1.95 bits per heavy atom. The second kappa shape index (κ2) is 6.56. The van der Waals surface area contributed by atoms with Gasteiger partial charge in [-0.2, -0.15) is 13.2 Å². The first-order valence-electron chi connectivity index (χ1n) is 5.68. The Labute approximate surface area is 109 Å². The van der Waals surface area contributed by atoms with Crippen molar-refractivity contribution >= 4 is 5.78 Å². The van der Waals surface area contributed by atoms with Crippen molar-refractivity contribution in [3.8, 4) is 5.75 Å². The maximum atomic E-state index is 11.8. The lowest BCUT2D eigenvalue weighted by atomic mass is 10.1. The van der Waals surface area contributed by atoms with Gasteiger partial charge in [-0.1, -0.05) is 6.07 Å². The molecule has 0 saturated carbocycles. The number of alkyl halides is 3. The Morgan fingerprint density at radius 3 is 2.53 bits per heavy atom. The summed E-state index contributed by atoms with van der Waals surface area (Å²) in [7, 11) is 0. The predicted molar refractivity (Wildman–Crippen MR) is 63.6 cm³/mol. The van der Waals surface area contributed by atoms with Gasteiger partial charge >= 0.3 is 6.18 Å². The van der Waals surface area contributed by atoms with E-state index in [2.05, 4.69) is 4.74 Å². The molecule has 0 radical (unpaired) electrons. The smallest absolute Gasteiger partial charge is 0.411 e. The summed E-state index contributed by atoms with van der Waals surface area (Å²) >= 11 is 0. The molecule has 6 heteroatoms. The normalized spacial score (nSPS) is 11.4. The van der Waals surface area contributed by atoms with Gasteiger partial charge < -0.3 is 9.47 Å². The van der Waals surface area contributed by atoms with Crippen molar-refractivity contribution in [1.82, 2.24) is 0 Å². The predicted octanol–water partition coefficient (Wildman–Crippen LogP) is 3.16. The number of hydrogen-bond donors (Lipinski definition) is 0. The minimum absolute atomic E-state index is 0.0419. The van der Waals surface area contributed by atoms with Gasteiger partial charge in [-0.25, -0.2) is 0 Å². The van der Waals surface area contributed by atoms with Crippen molar-refractivity contribution in [2.45, 2.75) is 20.0 Å². The molecule has 3 nitrogen and oxygen atoms in total. The maximum absolute atomic E-state index is 11.8. The van der Waals surface area contributed by atoms with E-state index in [0.29, 0.717) is 11.3 Å². The number of hydrogen-bond acceptors (Lipinski definition) is 3. The van der Waals surface area contributed by atoms with E-state index in [1.54, 1.807) is 18.2 Å². The summed E-state index contributed by atoms with van der Waals surface area (Å²) in [4.78, 5) is 11.3. The number of carbonyl (C=O) groups is 1. The molecule has 0 aliphatic rings. The van der Waals surface area contributed by atoms with Gasteiger partial charge in [-0.15, -0.1) is 0 Å². The van der Waals surface area contributed by atoms with Crippen molar-refractivity contribution in [1.29, 1.82) is 0 Å². The van der Waals surface area contributed by atoms with Crippen LogP contribution < -0.4 is 4.74 Å². The summed E-state index contributed by atoms with van der Waals surface area (Å²) in [6.45, 7) is 1.70. The summed E-state index contributed by atoms with van der Waals surface area (Å²) in [6, 6.07) is 5.06. The number of rotatable bonds is 6. The molecule has 0 atom stereocenters. The molecule has 0 N–H and O–H groups in total. The largest absolute Gasteiger partial charge is 0.490 e. The van der Waals surface area contributed by atoms with E-state index in [1.807, 2.05) is 6.92 Å². The third-order valence-corrected chi connectivity index (χ3v) is 2.27. The van der Waals surface area contributed by atoms with E-state index < -0.39 is 12.8 Å². The van der Waals surface area contributed by atoms with Gasteiger partial charge in [0.1, 0.15) is 19.0 Å². The van der Waals surface area contributed by atoms with Crippen LogP contribution in [-0.2, 0) is 4.74 Å². The van der Waals surface area contributed by atoms with Crippen molar-refractivity contribution < 1.29 is 27.4 Å². The van der Waals surface area contributed by atoms with Crippen LogP contribution in [0.15, 0.2) is 18.2 Å².